The highest BCUT2D eigenvalue weighted by atomic mass is 16.1. The minimum atomic E-state index is -0.460. The van der Waals surface area contributed by atoms with E-state index < -0.39 is 5.92 Å². The van der Waals surface area contributed by atoms with Crippen molar-refractivity contribution in [1.82, 2.24) is 0 Å². The van der Waals surface area contributed by atoms with Gasteiger partial charge >= 0.3 is 0 Å². The van der Waals surface area contributed by atoms with Crippen LogP contribution in [0.3, 0.4) is 0 Å². The number of anilines is 2. The molecule has 0 saturated heterocycles. The molecule has 1 aliphatic carbocycles. The van der Waals surface area contributed by atoms with Gasteiger partial charge in [-0.3, -0.25) is 9.69 Å². The maximum absolute atomic E-state index is 13.6. The van der Waals surface area contributed by atoms with Gasteiger partial charge in [-0.05, 0) is 41.7 Å². The van der Waals surface area contributed by atoms with Crippen molar-refractivity contribution in [3.63, 3.8) is 0 Å². The monoisotopic (exact) mass is 437 g/mol. The molecule has 2 aliphatic heterocycles. The molecule has 33 heavy (non-hydrogen) atoms. The van der Waals surface area contributed by atoms with Gasteiger partial charge in [0, 0.05) is 43.0 Å². The molecule has 1 atom stereocenters. The maximum atomic E-state index is 13.6. The lowest BCUT2D eigenvalue weighted by atomic mass is 9.68. The Bertz CT molecular complexity index is 1300. The van der Waals surface area contributed by atoms with Crippen molar-refractivity contribution in [2.24, 2.45) is 16.1 Å². The van der Waals surface area contributed by atoms with Crippen molar-refractivity contribution in [2.75, 3.05) is 23.9 Å². The van der Waals surface area contributed by atoms with Crippen LogP contribution in [0.2, 0.25) is 0 Å². The molecule has 0 unspecified atom stereocenters. The first-order valence-electron chi connectivity index (χ1n) is 11.1. The second kappa shape index (κ2) is 7.35. The van der Waals surface area contributed by atoms with Crippen molar-refractivity contribution < 1.29 is 4.79 Å². The van der Waals surface area contributed by atoms with Crippen molar-refractivity contribution in [3.05, 3.63) is 82.3 Å². The Morgan fingerprint density at radius 1 is 1.12 bits per heavy atom. The number of nitrogens with two attached hydrogens (primary N) is 1. The fourth-order valence-corrected chi connectivity index (χ4v) is 5.19. The molecular weight excluding hydrogens is 410 g/mol. The van der Waals surface area contributed by atoms with E-state index in [1.165, 1.54) is 0 Å². The third-order valence-electron chi connectivity index (χ3n) is 6.71. The molecule has 0 spiro atoms. The lowest BCUT2D eigenvalue weighted by Gasteiger charge is -2.45. The van der Waals surface area contributed by atoms with Crippen LogP contribution in [-0.4, -0.2) is 25.7 Å². The molecule has 5 rings (SSSR count). The molecule has 166 valence electrons. The number of carbonyl (C=O) groups excluding carboxylic acids is 1. The number of ketones is 1. The fraction of sp³-hybridized carbons (Fsp3) is 0.296. The first-order valence-corrected chi connectivity index (χ1v) is 11.1. The Morgan fingerprint density at radius 3 is 2.48 bits per heavy atom. The first kappa shape index (κ1) is 21.0. The minimum absolute atomic E-state index is 0.0924. The fourth-order valence-electron chi connectivity index (χ4n) is 5.19. The Labute approximate surface area is 194 Å². The zero-order chi connectivity index (χ0) is 23.5. The number of hydrogen-bond acceptors (Lipinski definition) is 6. The highest BCUT2D eigenvalue weighted by Gasteiger charge is 2.46. The second-order valence-corrected chi connectivity index (χ2v) is 9.92. The van der Waals surface area contributed by atoms with Gasteiger partial charge in [-0.15, -0.1) is 0 Å². The zero-order valence-corrected chi connectivity index (χ0v) is 19.4. The van der Waals surface area contributed by atoms with Gasteiger partial charge in [-0.25, -0.2) is 4.99 Å². The quantitative estimate of drug-likeness (QED) is 0.750. The molecular formula is C27H27N5O. The molecule has 6 heteroatoms. The topological polar surface area (TPSA) is 85.7 Å². The highest BCUT2D eigenvalue weighted by Crippen LogP contribution is 2.52. The van der Waals surface area contributed by atoms with Gasteiger partial charge in [0.15, 0.2) is 11.6 Å². The van der Waals surface area contributed by atoms with E-state index in [2.05, 4.69) is 19.9 Å². The molecule has 0 fully saturated rings. The van der Waals surface area contributed by atoms with E-state index in [0.29, 0.717) is 35.6 Å². The summed E-state index contributed by atoms with van der Waals surface area (Å²) in [5, 5.41) is 10.3. The number of aliphatic imine (C=N–C) groups is 1. The summed E-state index contributed by atoms with van der Waals surface area (Å²) < 4.78 is 0. The molecule has 2 heterocycles. The van der Waals surface area contributed by atoms with Crippen LogP contribution in [0.1, 0.15) is 43.7 Å². The predicted molar refractivity (Wildman–Crippen MR) is 131 cm³/mol. The summed E-state index contributed by atoms with van der Waals surface area (Å²) in [5.74, 6) is 0.545. The van der Waals surface area contributed by atoms with Gasteiger partial charge in [0.25, 0.3) is 0 Å². The molecule has 6 nitrogen and oxygen atoms in total. The molecule has 0 amide bonds. The number of rotatable bonds is 2. The van der Waals surface area contributed by atoms with E-state index in [9.17, 15) is 10.1 Å². The molecule has 3 aliphatic rings. The Hall–Kier alpha value is -3.85. The summed E-state index contributed by atoms with van der Waals surface area (Å²) in [5.41, 5.74) is 11.9. The van der Waals surface area contributed by atoms with E-state index in [1.807, 2.05) is 72.4 Å². The smallest absolute Gasteiger partial charge is 0.162 e. The number of allylic oxidation sites excluding steroid dienone is 3. The number of amidine groups is 1. The van der Waals surface area contributed by atoms with Crippen LogP contribution in [-0.2, 0) is 4.79 Å². The van der Waals surface area contributed by atoms with E-state index in [-0.39, 0.29) is 11.2 Å². The van der Waals surface area contributed by atoms with Crippen LogP contribution in [0.15, 0.2) is 76.2 Å². The van der Waals surface area contributed by atoms with Gasteiger partial charge in [-0.1, -0.05) is 38.1 Å². The SMILES string of the molecule is CN(C)c1ccc([C@@H]2C(C#N)=C3N=C(N)c4ccccc4N3C3=C2C(=O)CC(C)(C)C3)cc1. The lowest BCUT2D eigenvalue weighted by Crippen LogP contribution is -2.42. The van der Waals surface area contributed by atoms with E-state index >= 15 is 0 Å². The Balaban J connectivity index is 1.80. The highest BCUT2D eigenvalue weighted by molar-refractivity contribution is 6.08. The van der Waals surface area contributed by atoms with Crippen LogP contribution in [0.25, 0.3) is 0 Å². The molecule has 2 aromatic rings. The van der Waals surface area contributed by atoms with E-state index in [0.717, 1.165) is 28.2 Å². The van der Waals surface area contributed by atoms with Crippen LogP contribution in [0.4, 0.5) is 11.4 Å². The number of nitrogens with zero attached hydrogens (tertiary/aromatic N) is 4. The third-order valence-corrected chi connectivity index (χ3v) is 6.71. The second-order valence-electron chi connectivity index (χ2n) is 9.92. The van der Waals surface area contributed by atoms with Crippen molar-refractivity contribution in [1.29, 1.82) is 5.26 Å². The summed E-state index contributed by atoms with van der Waals surface area (Å²) in [4.78, 5) is 22.4. The molecule has 0 bridgehead atoms. The average Bonchev–Trinajstić information content (AvgIpc) is 2.77. The van der Waals surface area contributed by atoms with Crippen molar-refractivity contribution in [2.45, 2.75) is 32.6 Å². The van der Waals surface area contributed by atoms with Crippen LogP contribution in [0, 0.1) is 16.7 Å². The molecule has 2 N–H and O–H groups in total. The van der Waals surface area contributed by atoms with Gasteiger partial charge < -0.3 is 10.6 Å². The standard InChI is InChI=1S/C27H27N5O/c1-27(2)13-21-24(22(33)14-27)23(16-9-11-17(12-10-16)31(3)4)19(15-28)26-30-25(29)18-7-5-6-8-20(18)32(21)26/h5-12,23H,13-14H2,1-4H3,(H2,29,30)/t23-/m1/s1. The number of benzene rings is 2. The Kier molecular flexibility index (Phi) is 4.68. The van der Waals surface area contributed by atoms with Gasteiger partial charge in [0.2, 0.25) is 0 Å². The minimum Gasteiger partial charge on any atom is -0.383 e. The van der Waals surface area contributed by atoms with Crippen LogP contribution >= 0.6 is 0 Å². The summed E-state index contributed by atoms with van der Waals surface area (Å²) in [6, 6.07) is 18.2. The number of para-hydroxylation sites is 1. The van der Waals surface area contributed by atoms with Crippen molar-refractivity contribution >= 4 is 23.0 Å². The number of carbonyl (C=O) groups is 1. The number of nitriles is 1. The number of fused-ring (bicyclic) bond motifs is 4. The van der Waals surface area contributed by atoms with E-state index in [4.69, 9.17) is 10.7 Å². The first-order chi connectivity index (χ1) is 15.7. The largest absolute Gasteiger partial charge is 0.383 e. The van der Waals surface area contributed by atoms with E-state index in [1.54, 1.807) is 0 Å². The summed E-state index contributed by atoms with van der Waals surface area (Å²) >= 11 is 0. The lowest BCUT2D eigenvalue weighted by molar-refractivity contribution is -0.118. The molecule has 0 aromatic heterocycles. The third kappa shape index (κ3) is 3.23. The number of Topliss-reactive ketones (excluding diaryl/α,β-unsaturated/α-hetero) is 1. The summed E-state index contributed by atoms with van der Waals surface area (Å²) in [6.07, 6.45) is 1.17. The van der Waals surface area contributed by atoms with Crippen molar-refractivity contribution in [3.8, 4) is 6.07 Å². The number of hydrogen-bond donors (Lipinski definition) is 1. The van der Waals surface area contributed by atoms with Gasteiger partial charge in [0.1, 0.15) is 5.84 Å². The van der Waals surface area contributed by atoms with Gasteiger partial charge in [0.05, 0.1) is 23.2 Å². The average molecular weight is 438 g/mol. The predicted octanol–water partition coefficient (Wildman–Crippen LogP) is 4.45. The normalized spacial score (nSPS) is 21.1. The summed E-state index contributed by atoms with van der Waals surface area (Å²) in [6.45, 7) is 4.23. The Morgan fingerprint density at radius 2 is 1.82 bits per heavy atom. The maximum Gasteiger partial charge on any atom is 0.162 e. The molecule has 0 radical (unpaired) electrons. The molecule has 0 saturated carbocycles. The molecule has 2 aromatic carbocycles. The van der Waals surface area contributed by atoms with Crippen LogP contribution in [0.5, 0.6) is 0 Å². The summed E-state index contributed by atoms with van der Waals surface area (Å²) in [7, 11) is 3.97. The van der Waals surface area contributed by atoms with Gasteiger partial charge in [-0.2, -0.15) is 5.26 Å². The zero-order valence-electron chi connectivity index (χ0n) is 19.4. The van der Waals surface area contributed by atoms with Crippen LogP contribution < -0.4 is 15.5 Å².